The van der Waals surface area contributed by atoms with E-state index in [0.29, 0.717) is 6.54 Å². The Morgan fingerprint density at radius 2 is 2.00 bits per heavy atom. The highest BCUT2D eigenvalue weighted by Crippen LogP contribution is 2.20. The van der Waals surface area contributed by atoms with Crippen LogP contribution in [0.1, 0.15) is 43.7 Å². The third kappa shape index (κ3) is 9.05. The highest BCUT2D eigenvalue weighted by Gasteiger charge is 2.12. The number of nitrogens with one attached hydrogen (secondary N) is 2. The smallest absolute Gasteiger partial charge is 0.191 e. The molecule has 0 aromatic heterocycles. The van der Waals surface area contributed by atoms with Crippen LogP contribution in [0.3, 0.4) is 0 Å². The molecule has 1 heterocycles. The quantitative estimate of drug-likeness (QED) is 0.357. The molecule has 0 unspecified atom stereocenters. The highest BCUT2D eigenvalue weighted by molar-refractivity contribution is 5.79. The van der Waals surface area contributed by atoms with Crippen molar-refractivity contribution in [3.05, 3.63) is 29.3 Å². The monoisotopic (exact) mass is 403 g/mol. The van der Waals surface area contributed by atoms with Gasteiger partial charge in [0.05, 0.1) is 6.61 Å². The third-order valence-corrected chi connectivity index (χ3v) is 5.43. The van der Waals surface area contributed by atoms with E-state index in [1.54, 1.807) is 0 Å². The number of aryl methyl sites for hydroxylation is 1. The molecule has 2 rings (SSSR count). The molecule has 0 radical (unpaired) electrons. The fourth-order valence-corrected chi connectivity index (χ4v) is 3.53. The lowest BCUT2D eigenvalue weighted by atomic mass is 10.1. The summed E-state index contributed by atoms with van der Waals surface area (Å²) in [6, 6.07) is 6.43. The van der Waals surface area contributed by atoms with Crippen LogP contribution in [0.5, 0.6) is 5.75 Å². The number of guanidine groups is 1. The molecule has 6 heteroatoms. The summed E-state index contributed by atoms with van der Waals surface area (Å²) in [5.41, 5.74) is 2.40. The van der Waals surface area contributed by atoms with Crippen LogP contribution in [-0.2, 0) is 6.54 Å². The summed E-state index contributed by atoms with van der Waals surface area (Å²) in [7, 11) is 4.04. The minimum atomic E-state index is 0.706. The molecule has 0 spiro atoms. The highest BCUT2D eigenvalue weighted by atomic mass is 16.5. The first-order valence-electron chi connectivity index (χ1n) is 11.2. The van der Waals surface area contributed by atoms with Gasteiger partial charge < -0.3 is 25.2 Å². The zero-order valence-electron chi connectivity index (χ0n) is 19.0. The van der Waals surface area contributed by atoms with Crippen LogP contribution in [0.2, 0.25) is 0 Å². The maximum absolute atomic E-state index is 6.06. The van der Waals surface area contributed by atoms with E-state index in [4.69, 9.17) is 4.74 Å². The predicted molar refractivity (Wildman–Crippen MR) is 123 cm³/mol. The van der Waals surface area contributed by atoms with Crippen molar-refractivity contribution in [2.75, 3.05) is 60.0 Å². The molecular formula is C23H41N5O. The second-order valence-corrected chi connectivity index (χ2v) is 8.02. The average molecular weight is 404 g/mol. The number of hydrogen-bond donors (Lipinski definition) is 2. The predicted octanol–water partition coefficient (Wildman–Crippen LogP) is 2.87. The SMILES string of the molecule is CCCCCOc1cc(C)ccc1CNC(=NC)NCCN1CCCN(C)CC1. The lowest BCUT2D eigenvalue weighted by molar-refractivity contribution is 0.280. The maximum Gasteiger partial charge on any atom is 0.191 e. The van der Waals surface area contributed by atoms with Crippen LogP contribution < -0.4 is 15.4 Å². The molecule has 1 aliphatic heterocycles. The molecule has 6 nitrogen and oxygen atoms in total. The summed E-state index contributed by atoms with van der Waals surface area (Å²) >= 11 is 0. The molecule has 1 aromatic carbocycles. The van der Waals surface area contributed by atoms with E-state index >= 15 is 0 Å². The third-order valence-electron chi connectivity index (χ3n) is 5.43. The van der Waals surface area contributed by atoms with Crippen molar-refractivity contribution in [1.82, 2.24) is 20.4 Å². The van der Waals surface area contributed by atoms with Gasteiger partial charge in [0.25, 0.3) is 0 Å². The van der Waals surface area contributed by atoms with Gasteiger partial charge in [-0.25, -0.2) is 0 Å². The van der Waals surface area contributed by atoms with Gasteiger partial charge in [0, 0.05) is 45.3 Å². The minimum Gasteiger partial charge on any atom is -0.493 e. The van der Waals surface area contributed by atoms with Crippen LogP contribution >= 0.6 is 0 Å². The van der Waals surface area contributed by atoms with Gasteiger partial charge in [0.15, 0.2) is 5.96 Å². The number of unbranched alkanes of at least 4 members (excludes halogenated alkanes) is 2. The lowest BCUT2D eigenvalue weighted by Gasteiger charge is -2.21. The topological polar surface area (TPSA) is 52.1 Å². The molecule has 1 aliphatic rings. The molecule has 0 amide bonds. The maximum atomic E-state index is 6.06. The second kappa shape index (κ2) is 13.4. The summed E-state index contributed by atoms with van der Waals surface area (Å²) in [5.74, 6) is 1.83. The summed E-state index contributed by atoms with van der Waals surface area (Å²) in [4.78, 5) is 9.32. The van der Waals surface area contributed by atoms with E-state index < -0.39 is 0 Å². The van der Waals surface area contributed by atoms with Gasteiger partial charge in [-0.15, -0.1) is 0 Å². The van der Waals surface area contributed by atoms with Gasteiger partial charge in [0.2, 0.25) is 0 Å². The van der Waals surface area contributed by atoms with E-state index in [-0.39, 0.29) is 0 Å². The van der Waals surface area contributed by atoms with E-state index in [9.17, 15) is 0 Å². The second-order valence-electron chi connectivity index (χ2n) is 8.02. The summed E-state index contributed by atoms with van der Waals surface area (Å²) in [6.45, 7) is 12.4. The number of nitrogens with zero attached hydrogens (tertiary/aromatic N) is 3. The molecule has 1 aromatic rings. The van der Waals surface area contributed by atoms with E-state index in [1.807, 2.05) is 7.05 Å². The van der Waals surface area contributed by atoms with E-state index in [2.05, 4.69) is 64.5 Å². The Labute approximate surface area is 177 Å². The summed E-state index contributed by atoms with van der Waals surface area (Å²) in [5, 5.41) is 6.89. The minimum absolute atomic E-state index is 0.706. The number of rotatable bonds is 10. The van der Waals surface area contributed by atoms with Crippen LogP contribution in [0.15, 0.2) is 23.2 Å². The standard InChI is InChI=1S/C23H41N5O/c1-5-6-7-17-29-22-18-20(2)9-10-21(22)19-26-23(24-3)25-11-14-28-13-8-12-27(4)15-16-28/h9-10,18H,5-8,11-17,19H2,1-4H3,(H2,24,25,26). The van der Waals surface area contributed by atoms with Gasteiger partial charge in [-0.1, -0.05) is 31.9 Å². The Morgan fingerprint density at radius 1 is 1.14 bits per heavy atom. The summed E-state index contributed by atoms with van der Waals surface area (Å²) < 4.78 is 6.06. The fraction of sp³-hybridized carbons (Fsp3) is 0.696. The molecule has 164 valence electrons. The van der Waals surface area contributed by atoms with Crippen molar-refractivity contribution in [3.63, 3.8) is 0 Å². The first-order valence-corrected chi connectivity index (χ1v) is 11.2. The molecule has 1 saturated heterocycles. The molecule has 0 bridgehead atoms. The van der Waals surface area contributed by atoms with Crippen molar-refractivity contribution in [1.29, 1.82) is 0 Å². The normalized spacial score (nSPS) is 16.5. The zero-order valence-corrected chi connectivity index (χ0v) is 19.0. The number of hydrogen-bond acceptors (Lipinski definition) is 4. The average Bonchev–Trinajstić information content (AvgIpc) is 2.93. The molecular weight excluding hydrogens is 362 g/mol. The molecule has 1 fully saturated rings. The van der Waals surface area contributed by atoms with Crippen LogP contribution in [0, 0.1) is 6.92 Å². The molecule has 0 atom stereocenters. The van der Waals surface area contributed by atoms with Crippen molar-refractivity contribution in [2.24, 2.45) is 4.99 Å². The Bertz CT molecular complexity index is 619. The van der Waals surface area contributed by atoms with Gasteiger partial charge in [0.1, 0.15) is 5.75 Å². The molecule has 0 aliphatic carbocycles. The summed E-state index contributed by atoms with van der Waals surface area (Å²) in [6.07, 6.45) is 4.77. The van der Waals surface area contributed by atoms with Gasteiger partial charge in [-0.3, -0.25) is 4.99 Å². The molecule has 29 heavy (non-hydrogen) atoms. The lowest BCUT2D eigenvalue weighted by Crippen LogP contribution is -2.42. The largest absolute Gasteiger partial charge is 0.493 e. The van der Waals surface area contributed by atoms with Crippen molar-refractivity contribution in [3.8, 4) is 5.75 Å². The van der Waals surface area contributed by atoms with Gasteiger partial charge in [-0.2, -0.15) is 0 Å². The van der Waals surface area contributed by atoms with Crippen molar-refractivity contribution >= 4 is 5.96 Å². The van der Waals surface area contributed by atoms with Crippen LogP contribution in [0.25, 0.3) is 0 Å². The van der Waals surface area contributed by atoms with Crippen molar-refractivity contribution in [2.45, 2.75) is 46.1 Å². The zero-order chi connectivity index (χ0) is 20.9. The molecule has 2 N–H and O–H groups in total. The Balaban J connectivity index is 1.78. The van der Waals surface area contributed by atoms with E-state index in [0.717, 1.165) is 50.9 Å². The molecule has 0 saturated carbocycles. The van der Waals surface area contributed by atoms with Crippen molar-refractivity contribution < 1.29 is 4.74 Å². The van der Waals surface area contributed by atoms with Crippen LogP contribution in [-0.4, -0.2) is 75.7 Å². The number of likely N-dealkylation sites (N-methyl/N-ethyl adjacent to an activating group) is 1. The fourth-order valence-electron chi connectivity index (χ4n) is 3.53. The number of ether oxygens (including phenoxy) is 1. The first kappa shape index (κ1) is 23.5. The van der Waals surface area contributed by atoms with Gasteiger partial charge >= 0.3 is 0 Å². The first-order chi connectivity index (χ1) is 14.1. The van der Waals surface area contributed by atoms with E-state index in [1.165, 1.54) is 43.5 Å². The van der Waals surface area contributed by atoms with Crippen LogP contribution in [0.4, 0.5) is 0 Å². The Kier molecular flexibility index (Phi) is 10.9. The van der Waals surface area contributed by atoms with Gasteiger partial charge in [-0.05, 0) is 51.5 Å². The number of aliphatic imine (C=N–C) groups is 1. The Morgan fingerprint density at radius 3 is 2.79 bits per heavy atom. The Hall–Kier alpha value is -1.79. The number of benzene rings is 1.